The van der Waals surface area contributed by atoms with E-state index in [1.165, 1.54) is 30.3 Å². The summed E-state index contributed by atoms with van der Waals surface area (Å²) in [6.07, 6.45) is 0. The highest BCUT2D eigenvalue weighted by Crippen LogP contribution is 2.23. The third-order valence-corrected chi connectivity index (χ3v) is 3.67. The number of rotatable bonds is 4. The van der Waals surface area contributed by atoms with Crippen LogP contribution < -0.4 is 5.32 Å². The summed E-state index contributed by atoms with van der Waals surface area (Å²) >= 11 is 17.1. The molecule has 2 aromatic carbocycles. The number of esters is 1. The van der Waals surface area contributed by atoms with Gasteiger partial charge >= 0.3 is 5.97 Å². The molecule has 0 heterocycles. The summed E-state index contributed by atoms with van der Waals surface area (Å²) in [7, 11) is 0. The van der Waals surface area contributed by atoms with Gasteiger partial charge in [0, 0.05) is 5.02 Å². The van der Waals surface area contributed by atoms with Crippen molar-refractivity contribution in [3.05, 3.63) is 62.8 Å². The van der Waals surface area contributed by atoms with Crippen molar-refractivity contribution in [2.24, 2.45) is 0 Å². The van der Waals surface area contributed by atoms with Crippen LogP contribution in [0.3, 0.4) is 0 Å². The van der Waals surface area contributed by atoms with Crippen molar-refractivity contribution in [3.63, 3.8) is 0 Å². The van der Waals surface area contributed by atoms with Crippen LogP contribution in [0, 0.1) is 5.82 Å². The minimum absolute atomic E-state index is 0.0648. The van der Waals surface area contributed by atoms with E-state index < -0.39 is 24.3 Å². The van der Waals surface area contributed by atoms with Crippen molar-refractivity contribution < 1.29 is 18.7 Å². The van der Waals surface area contributed by atoms with Crippen LogP contribution in [-0.4, -0.2) is 18.5 Å². The molecule has 0 fully saturated rings. The van der Waals surface area contributed by atoms with Crippen LogP contribution in [0.25, 0.3) is 0 Å². The van der Waals surface area contributed by atoms with E-state index in [9.17, 15) is 14.0 Å². The first-order valence-electron chi connectivity index (χ1n) is 6.24. The van der Waals surface area contributed by atoms with Gasteiger partial charge in [0.05, 0.1) is 21.3 Å². The third kappa shape index (κ3) is 4.82. The zero-order valence-corrected chi connectivity index (χ0v) is 13.7. The topological polar surface area (TPSA) is 55.4 Å². The average molecular weight is 377 g/mol. The fraction of sp³-hybridized carbons (Fsp3) is 0.0667. The Morgan fingerprint density at radius 3 is 2.43 bits per heavy atom. The maximum Gasteiger partial charge on any atom is 0.338 e. The maximum atomic E-state index is 13.5. The van der Waals surface area contributed by atoms with E-state index in [1.807, 2.05) is 0 Å². The van der Waals surface area contributed by atoms with Crippen LogP contribution in [-0.2, 0) is 9.53 Å². The van der Waals surface area contributed by atoms with Gasteiger partial charge in [-0.2, -0.15) is 0 Å². The normalized spacial score (nSPS) is 10.3. The lowest BCUT2D eigenvalue weighted by Crippen LogP contribution is -2.21. The summed E-state index contributed by atoms with van der Waals surface area (Å²) < 4.78 is 18.3. The smallest absolute Gasteiger partial charge is 0.338 e. The molecule has 1 amide bonds. The SMILES string of the molecule is O=C(COC(=O)c1ccc(Cl)c(Cl)c1)Nc1ccc(Cl)cc1F. The van der Waals surface area contributed by atoms with Crippen molar-refractivity contribution in [2.45, 2.75) is 0 Å². The molecule has 0 saturated heterocycles. The molecule has 2 aromatic rings. The third-order valence-electron chi connectivity index (χ3n) is 2.69. The van der Waals surface area contributed by atoms with Crippen LogP contribution in [0.15, 0.2) is 36.4 Å². The molecule has 1 N–H and O–H groups in total. The Kier molecular flexibility index (Phi) is 5.82. The van der Waals surface area contributed by atoms with Crippen molar-refractivity contribution in [1.82, 2.24) is 0 Å². The van der Waals surface area contributed by atoms with E-state index in [4.69, 9.17) is 39.5 Å². The van der Waals surface area contributed by atoms with E-state index in [1.54, 1.807) is 0 Å². The highest BCUT2D eigenvalue weighted by molar-refractivity contribution is 6.42. The van der Waals surface area contributed by atoms with Crippen LogP contribution in [0.2, 0.25) is 15.1 Å². The number of carbonyl (C=O) groups is 2. The number of carbonyl (C=O) groups excluding carboxylic acids is 2. The van der Waals surface area contributed by atoms with Gasteiger partial charge in [-0.25, -0.2) is 9.18 Å². The minimum atomic E-state index is -0.754. The fourth-order valence-corrected chi connectivity index (χ4v) is 2.07. The van der Waals surface area contributed by atoms with Crippen molar-refractivity contribution in [1.29, 1.82) is 0 Å². The number of ether oxygens (including phenoxy) is 1. The molecule has 23 heavy (non-hydrogen) atoms. The zero-order valence-electron chi connectivity index (χ0n) is 11.4. The number of anilines is 1. The Morgan fingerprint density at radius 2 is 1.78 bits per heavy atom. The Labute approximate surface area is 146 Å². The summed E-state index contributed by atoms with van der Waals surface area (Å²) in [6.45, 7) is -0.582. The highest BCUT2D eigenvalue weighted by Gasteiger charge is 2.13. The van der Waals surface area contributed by atoms with Gasteiger partial charge in [0.2, 0.25) is 0 Å². The minimum Gasteiger partial charge on any atom is -0.452 e. The van der Waals surface area contributed by atoms with Crippen LogP contribution >= 0.6 is 34.8 Å². The van der Waals surface area contributed by atoms with Gasteiger partial charge < -0.3 is 10.1 Å². The molecule has 4 nitrogen and oxygen atoms in total. The lowest BCUT2D eigenvalue weighted by atomic mass is 10.2. The van der Waals surface area contributed by atoms with Gasteiger partial charge in [-0.1, -0.05) is 34.8 Å². The first kappa shape index (κ1) is 17.5. The number of hydrogen-bond acceptors (Lipinski definition) is 3. The monoisotopic (exact) mass is 375 g/mol. The number of hydrogen-bond donors (Lipinski definition) is 1. The molecule has 0 aliphatic heterocycles. The molecule has 0 aliphatic carbocycles. The highest BCUT2D eigenvalue weighted by atomic mass is 35.5. The quantitative estimate of drug-likeness (QED) is 0.795. The molecular formula is C15H9Cl3FNO3. The molecule has 0 saturated carbocycles. The van der Waals surface area contributed by atoms with E-state index in [0.29, 0.717) is 5.02 Å². The lowest BCUT2D eigenvalue weighted by Gasteiger charge is -2.08. The van der Waals surface area contributed by atoms with E-state index in [0.717, 1.165) is 6.07 Å². The van der Waals surface area contributed by atoms with E-state index in [-0.39, 0.29) is 21.3 Å². The second kappa shape index (κ2) is 7.64. The summed E-state index contributed by atoms with van der Waals surface area (Å²) in [5.74, 6) is -2.14. The predicted octanol–water partition coefficient (Wildman–Crippen LogP) is 4.58. The number of nitrogens with one attached hydrogen (secondary N) is 1. The van der Waals surface area contributed by atoms with Gasteiger partial charge in [-0.15, -0.1) is 0 Å². The maximum absolute atomic E-state index is 13.5. The molecule has 2 rings (SSSR count). The second-order valence-electron chi connectivity index (χ2n) is 4.38. The molecular weight excluding hydrogens is 368 g/mol. The van der Waals surface area contributed by atoms with Gasteiger partial charge in [0.1, 0.15) is 5.82 Å². The zero-order chi connectivity index (χ0) is 17.0. The molecule has 120 valence electrons. The van der Waals surface area contributed by atoms with Gasteiger partial charge in [0.15, 0.2) is 6.61 Å². The Bertz CT molecular complexity index is 768. The molecule has 0 aromatic heterocycles. The molecule has 0 spiro atoms. The molecule has 0 unspecified atom stereocenters. The van der Waals surface area contributed by atoms with Crippen LogP contribution in [0.1, 0.15) is 10.4 Å². The Balaban J connectivity index is 1.93. The summed E-state index contributed by atoms with van der Waals surface area (Å²) in [6, 6.07) is 7.94. The van der Waals surface area contributed by atoms with E-state index in [2.05, 4.69) is 5.32 Å². The average Bonchev–Trinajstić information content (AvgIpc) is 2.50. The standard InChI is InChI=1S/C15H9Cl3FNO3/c16-9-2-4-13(12(19)6-9)20-14(21)7-23-15(22)8-1-3-10(17)11(18)5-8/h1-6H,7H2,(H,20,21). The van der Waals surface area contributed by atoms with Crippen molar-refractivity contribution in [2.75, 3.05) is 11.9 Å². The first-order chi connectivity index (χ1) is 10.9. The molecule has 0 atom stereocenters. The Hall–Kier alpha value is -1.82. The van der Waals surface area contributed by atoms with Crippen molar-refractivity contribution >= 4 is 52.4 Å². The fourth-order valence-electron chi connectivity index (χ4n) is 1.61. The summed E-state index contributed by atoms with van der Waals surface area (Å²) in [4.78, 5) is 23.5. The van der Waals surface area contributed by atoms with Crippen LogP contribution in [0.5, 0.6) is 0 Å². The summed E-state index contributed by atoms with van der Waals surface area (Å²) in [5.41, 5.74) is 0.0786. The first-order valence-corrected chi connectivity index (χ1v) is 7.37. The number of amides is 1. The molecule has 0 aliphatic rings. The molecule has 8 heteroatoms. The molecule has 0 bridgehead atoms. The largest absolute Gasteiger partial charge is 0.452 e. The van der Waals surface area contributed by atoms with Crippen LogP contribution in [0.4, 0.5) is 10.1 Å². The number of benzene rings is 2. The summed E-state index contributed by atoms with van der Waals surface area (Å²) in [5, 5.41) is 2.95. The second-order valence-corrected chi connectivity index (χ2v) is 5.63. The lowest BCUT2D eigenvalue weighted by molar-refractivity contribution is -0.119. The molecule has 0 radical (unpaired) electrons. The Morgan fingerprint density at radius 1 is 1.04 bits per heavy atom. The van der Waals surface area contributed by atoms with Gasteiger partial charge in [-0.05, 0) is 36.4 Å². The predicted molar refractivity (Wildman–Crippen MR) is 86.8 cm³/mol. The van der Waals surface area contributed by atoms with Gasteiger partial charge in [0.25, 0.3) is 5.91 Å². The van der Waals surface area contributed by atoms with E-state index >= 15 is 0 Å². The van der Waals surface area contributed by atoms with Crippen molar-refractivity contribution in [3.8, 4) is 0 Å². The van der Waals surface area contributed by atoms with Gasteiger partial charge in [-0.3, -0.25) is 4.79 Å². The number of halogens is 4.